The lowest BCUT2D eigenvalue weighted by molar-refractivity contribution is 0.443. The maximum absolute atomic E-state index is 11.9. The molecule has 0 bridgehead atoms. The predicted molar refractivity (Wildman–Crippen MR) is 72.0 cm³/mol. The zero-order chi connectivity index (χ0) is 13.8. The molecule has 0 aromatic carbocycles. The van der Waals surface area contributed by atoms with Crippen LogP contribution in [0.25, 0.3) is 11.5 Å². The second kappa shape index (κ2) is 5.69. The van der Waals surface area contributed by atoms with E-state index in [2.05, 4.69) is 21.9 Å². The molecule has 6 nitrogen and oxygen atoms in total. The summed E-state index contributed by atoms with van der Waals surface area (Å²) < 4.78 is 1.90. The van der Waals surface area contributed by atoms with Gasteiger partial charge in [0.25, 0.3) is 5.56 Å². The average Bonchev–Trinajstić information content (AvgIpc) is 2.82. The van der Waals surface area contributed by atoms with Gasteiger partial charge in [-0.3, -0.25) is 4.79 Å². The van der Waals surface area contributed by atoms with E-state index in [-0.39, 0.29) is 11.4 Å². The van der Waals surface area contributed by atoms with Crippen LogP contribution in [0.3, 0.4) is 0 Å². The first-order valence-corrected chi connectivity index (χ1v) is 6.50. The first-order valence-electron chi connectivity index (χ1n) is 6.50. The summed E-state index contributed by atoms with van der Waals surface area (Å²) >= 11 is 0. The van der Waals surface area contributed by atoms with Crippen LogP contribution >= 0.6 is 0 Å². The fourth-order valence-electron chi connectivity index (χ4n) is 2.02. The van der Waals surface area contributed by atoms with Crippen LogP contribution in [0.4, 0.5) is 0 Å². The minimum atomic E-state index is -0.284. The second-order valence-corrected chi connectivity index (χ2v) is 4.44. The number of H-pyrrole nitrogens is 1. The first kappa shape index (κ1) is 13.3. The maximum atomic E-state index is 11.9. The minimum absolute atomic E-state index is 0.190. The predicted octanol–water partition coefficient (Wildman–Crippen LogP) is 1.70. The van der Waals surface area contributed by atoms with Crippen molar-refractivity contribution in [3.05, 3.63) is 28.4 Å². The Labute approximate surface area is 111 Å². The average molecular weight is 262 g/mol. The van der Waals surface area contributed by atoms with E-state index in [9.17, 15) is 9.90 Å². The molecule has 0 saturated carbocycles. The summed E-state index contributed by atoms with van der Waals surface area (Å²) in [4.78, 5) is 22.8. The molecule has 6 heteroatoms. The van der Waals surface area contributed by atoms with Gasteiger partial charge in [0.05, 0.1) is 18.1 Å². The number of aryl methyl sites for hydroxylation is 1. The summed E-state index contributed by atoms with van der Waals surface area (Å²) in [5.41, 5.74) is 0.763. The van der Waals surface area contributed by atoms with Crippen molar-refractivity contribution in [2.24, 2.45) is 0 Å². The Bertz CT molecular complexity index is 615. The lowest BCUT2D eigenvalue weighted by Crippen LogP contribution is -2.16. The molecule has 0 unspecified atom stereocenters. The van der Waals surface area contributed by atoms with E-state index in [4.69, 9.17) is 0 Å². The molecule has 0 fully saturated rings. The Kier molecular flexibility index (Phi) is 3.99. The van der Waals surface area contributed by atoms with E-state index < -0.39 is 0 Å². The number of rotatable bonds is 5. The van der Waals surface area contributed by atoms with Gasteiger partial charge in [0.2, 0.25) is 5.88 Å². The van der Waals surface area contributed by atoms with Crippen LogP contribution in [0.2, 0.25) is 0 Å². The van der Waals surface area contributed by atoms with Gasteiger partial charge in [-0.2, -0.15) is 4.98 Å². The lowest BCUT2D eigenvalue weighted by atomic mass is 10.2. The van der Waals surface area contributed by atoms with E-state index in [0.29, 0.717) is 23.5 Å². The molecule has 2 aromatic rings. The molecule has 0 aliphatic rings. The molecule has 0 amide bonds. The van der Waals surface area contributed by atoms with Crippen molar-refractivity contribution in [2.75, 3.05) is 0 Å². The van der Waals surface area contributed by atoms with Crippen molar-refractivity contribution in [3.8, 4) is 17.4 Å². The highest BCUT2D eigenvalue weighted by Crippen LogP contribution is 2.18. The highest BCUT2D eigenvalue weighted by molar-refractivity contribution is 5.49. The molecule has 2 aromatic heterocycles. The van der Waals surface area contributed by atoms with Crippen molar-refractivity contribution in [3.63, 3.8) is 0 Å². The topological polar surface area (TPSA) is 83.8 Å². The molecule has 2 N–H and O–H groups in total. The van der Waals surface area contributed by atoms with Gasteiger partial charge in [0.15, 0.2) is 5.82 Å². The van der Waals surface area contributed by atoms with Crippen LogP contribution in [0.1, 0.15) is 32.3 Å². The Morgan fingerprint density at radius 2 is 2.16 bits per heavy atom. The molecule has 0 atom stereocenters. The van der Waals surface area contributed by atoms with Crippen LogP contribution in [-0.4, -0.2) is 24.6 Å². The Morgan fingerprint density at radius 3 is 2.79 bits per heavy atom. The molecule has 0 radical (unpaired) electrons. The number of aromatic amines is 1. The Balaban J connectivity index is 2.46. The van der Waals surface area contributed by atoms with Crippen LogP contribution in [0.5, 0.6) is 5.88 Å². The van der Waals surface area contributed by atoms with Crippen LogP contribution in [-0.2, 0) is 13.0 Å². The summed E-state index contributed by atoms with van der Waals surface area (Å²) in [7, 11) is 0. The summed E-state index contributed by atoms with van der Waals surface area (Å²) in [6.07, 6.45) is 5.57. The van der Waals surface area contributed by atoms with Crippen molar-refractivity contribution >= 4 is 0 Å². The summed E-state index contributed by atoms with van der Waals surface area (Å²) in [6.45, 7) is 4.79. The number of imidazole rings is 1. The molecule has 2 rings (SSSR count). The fourth-order valence-corrected chi connectivity index (χ4v) is 2.02. The quantitative estimate of drug-likeness (QED) is 0.859. The maximum Gasteiger partial charge on any atom is 0.258 e. The smallest absolute Gasteiger partial charge is 0.258 e. The third-order valence-electron chi connectivity index (χ3n) is 2.91. The summed E-state index contributed by atoms with van der Waals surface area (Å²) in [5, 5.41) is 9.86. The molecule has 2 heterocycles. The largest absolute Gasteiger partial charge is 0.493 e. The monoisotopic (exact) mass is 262 g/mol. The van der Waals surface area contributed by atoms with Gasteiger partial charge in [0, 0.05) is 6.54 Å². The highest BCUT2D eigenvalue weighted by atomic mass is 16.3. The molecular formula is C13H18N4O2. The molecule has 0 saturated heterocycles. The lowest BCUT2D eigenvalue weighted by Gasteiger charge is -2.07. The number of aromatic nitrogens is 4. The van der Waals surface area contributed by atoms with E-state index >= 15 is 0 Å². The summed E-state index contributed by atoms with van der Waals surface area (Å²) in [5.74, 6) is 0.165. The van der Waals surface area contributed by atoms with E-state index in [1.165, 1.54) is 0 Å². The third kappa shape index (κ3) is 2.67. The van der Waals surface area contributed by atoms with Crippen molar-refractivity contribution in [2.45, 2.75) is 39.7 Å². The number of nitrogens with one attached hydrogen (secondary N) is 1. The number of nitrogens with zero attached hydrogens (tertiary/aromatic N) is 3. The second-order valence-electron chi connectivity index (χ2n) is 4.44. The highest BCUT2D eigenvalue weighted by Gasteiger charge is 2.13. The van der Waals surface area contributed by atoms with Gasteiger partial charge < -0.3 is 14.7 Å². The number of hydrogen-bond acceptors (Lipinski definition) is 4. The zero-order valence-electron chi connectivity index (χ0n) is 11.2. The minimum Gasteiger partial charge on any atom is -0.493 e. The molecule has 102 valence electrons. The van der Waals surface area contributed by atoms with Crippen molar-refractivity contribution in [1.82, 2.24) is 19.5 Å². The normalized spacial score (nSPS) is 10.8. The van der Waals surface area contributed by atoms with Gasteiger partial charge in [-0.05, 0) is 12.8 Å². The molecule has 0 aliphatic heterocycles. The Hall–Kier alpha value is -2.11. The van der Waals surface area contributed by atoms with Gasteiger partial charge in [0.1, 0.15) is 5.69 Å². The summed E-state index contributed by atoms with van der Waals surface area (Å²) in [6, 6.07) is 0. The van der Waals surface area contributed by atoms with Gasteiger partial charge in [-0.25, -0.2) is 4.98 Å². The first-order chi connectivity index (χ1) is 9.17. The Morgan fingerprint density at radius 1 is 1.37 bits per heavy atom. The van der Waals surface area contributed by atoms with Gasteiger partial charge in [-0.1, -0.05) is 20.3 Å². The van der Waals surface area contributed by atoms with Gasteiger partial charge >= 0.3 is 0 Å². The van der Waals surface area contributed by atoms with Crippen LogP contribution in [0.15, 0.2) is 17.3 Å². The SMILES string of the molecule is CCCc1c(O)nc(-c2cncn2CCC)[nH]c1=O. The van der Waals surface area contributed by atoms with Crippen LogP contribution in [0, 0.1) is 0 Å². The third-order valence-corrected chi connectivity index (χ3v) is 2.91. The van der Waals surface area contributed by atoms with Crippen LogP contribution < -0.4 is 5.56 Å². The molecule has 0 spiro atoms. The number of hydrogen-bond donors (Lipinski definition) is 2. The van der Waals surface area contributed by atoms with Crippen molar-refractivity contribution in [1.29, 1.82) is 0 Å². The molecule has 19 heavy (non-hydrogen) atoms. The zero-order valence-corrected chi connectivity index (χ0v) is 11.2. The van der Waals surface area contributed by atoms with E-state index in [0.717, 1.165) is 19.4 Å². The molecular weight excluding hydrogens is 244 g/mol. The van der Waals surface area contributed by atoms with Gasteiger partial charge in [-0.15, -0.1) is 0 Å². The van der Waals surface area contributed by atoms with E-state index in [1.54, 1.807) is 12.5 Å². The molecule has 0 aliphatic carbocycles. The van der Waals surface area contributed by atoms with E-state index in [1.807, 2.05) is 11.5 Å². The number of aromatic hydroxyl groups is 1. The van der Waals surface area contributed by atoms with Crippen molar-refractivity contribution < 1.29 is 5.11 Å². The standard InChI is InChI=1S/C13H18N4O2/c1-3-5-9-12(18)15-11(16-13(9)19)10-7-14-8-17(10)6-4-2/h7-8H,3-6H2,1-2H3,(H2,15,16,18,19). The fraction of sp³-hybridized carbons (Fsp3) is 0.462.